The van der Waals surface area contributed by atoms with E-state index in [2.05, 4.69) is 28.8 Å². The van der Waals surface area contributed by atoms with Gasteiger partial charge >= 0.3 is 0 Å². The Labute approximate surface area is 168 Å². The SMILES string of the molecule is Clc1ccc2nc(COc3ccc4ccccc4c3)n(CC3CCCO3)c2c1. The molecule has 0 aliphatic carbocycles. The second-order valence-corrected chi connectivity index (χ2v) is 7.64. The summed E-state index contributed by atoms with van der Waals surface area (Å²) in [6.45, 7) is 2.01. The van der Waals surface area contributed by atoms with Gasteiger partial charge in [0.1, 0.15) is 18.2 Å². The van der Waals surface area contributed by atoms with Crippen LogP contribution < -0.4 is 4.74 Å². The van der Waals surface area contributed by atoms with Crippen LogP contribution in [-0.2, 0) is 17.9 Å². The Hall–Kier alpha value is -2.56. The Morgan fingerprint density at radius 2 is 1.96 bits per heavy atom. The molecular formula is C23H21ClN2O2. The molecule has 0 N–H and O–H groups in total. The number of rotatable bonds is 5. The number of ether oxygens (including phenoxy) is 2. The quantitative estimate of drug-likeness (QED) is 0.443. The van der Waals surface area contributed by atoms with E-state index in [1.165, 1.54) is 10.8 Å². The van der Waals surface area contributed by atoms with E-state index in [0.29, 0.717) is 11.6 Å². The van der Waals surface area contributed by atoms with E-state index in [9.17, 15) is 0 Å². The lowest BCUT2D eigenvalue weighted by Gasteiger charge is -2.15. The molecule has 2 heterocycles. The average Bonchev–Trinajstić information content (AvgIpc) is 3.35. The van der Waals surface area contributed by atoms with Crippen molar-refractivity contribution in [1.29, 1.82) is 0 Å². The van der Waals surface area contributed by atoms with Crippen LogP contribution in [0.1, 0.15) is 18.7 Å². The zero-order valence-corrected chi connectivity index (χ0v) is 16.2. The van der Waals surface area contributed by atoms with Gasteiger partial charge in [0.2, 0.25) is 0 Å². The van der Waals surface area contributed by atoms with Crippen LogP contribution >= 0.6 is 11.6 Å². The number of hydrogen-bond donors (Lipinski definition) is 0. The topological polar surface area (TPSA) is 36.3 Å². The minimum Gasteiger partial charge on any atom is -0.486 e. The fraction of sp³-hybridized carbons (Fsp3) is 0.261. The van der Waals surface area contributed by atoms with Gasteiger partial charge < -0.3 is 14.0 Å². The van der Waals surface area contributed by atoms with Gasteiger partial charge in [-0.1, -0.05) is 41.9 Å². The first-order valence-corrected chi connectivity index (χ1v) is 10.0. The van der Waals surface area contributed by atoms with Crippen molar-refractivity contribution in [2.45, 2.75) is 32.1 Å². The summed E-state index contributed by atoms with van der Waals surface area (Å²) in [4.78, 5) is 4.80. The van der Waals surface area contributed by atoms with Gasteiger partial charge in [-0.15, -0.1) is 0 Å². The number of imidazole rings is 1. The summed E-state index contributed by atoms with van der Waals surface area (Å²) in [6, 6.07) is 20.2. The third-order valence-corrected chi connectivity index (χ3v) is 5.52. The van der Waals surface area contributed by atoms with E-state index in [1.54, 1.807) is 0 Å². The molecule has 4 aromatic rings. The summed E-state index contributed by atoms with van der Waals surface area (Å²) in [5, 5.41) is 3.08. The van der Waals surface area contributed by atoms with Crippen LogP contribution in [0.2, 0.25) is 5.02 Å². The van der Waals surface area contributed by atoms with Crippen LogP contribution in [0.5, 0.6) is 5.75 Å². The highest BCUT2D eigenvalue weighted by molar-refractivity contribution is 6.31. The van der Waals surface area contributed by atoms with Crippen molar-refractivity contribution >= 4 is 33.4 Å². The molecule has 142 valence electrons. The molecule has 3 aromatic carbocycles. The second kappa shape index (κ2) is 7.46. The highest BCUT2D eigenvalue weighted by Gasteiger charge is 2.20. The molecule has 1 fully saturated rings. The lowest BCUT2D eigenvalue weighted by atomic mass is 10.1. The van der Waals surface area contributed by atoms with Crippen molar-refractivity contribution in [2.75, 3.05) is 6.61 Å². The first-order valence-electron chi connectivity index (χ1n) is 9.64. The fourth-order valence-electron chi connectivity index (χ4n) is 3.86. The van der Waals surface area contributed by atoms with Gasteiger partial charge in [-0.25, -0.2) is 4.98 Å². The van der Waals surface area contributed by atoms with Gasteiger partial charge in [0.05, 0.1) is 23.7 Å². The Morgan fingerprint density at radius 1 is 1.07 bits per heavy atom. The van der Waals surface area contributed by atoms with Gasteiger partial charge in [-0.3, -0.25) is 0 Å². The van der Waals surface area contributed by atoms with Crippen LogP contribution in [-0.4, -0.2) is 22.3 Å². The number of nitrogens with zero attached hydrogens (tertiary/aromatic N) is 2. The fourth-order valence-corrected chi connectivity index (χ4v) is 4.02. The number of hydrogen-bond acceptors (Lipinski definition) is 3. The molecule has 0 saturated carbocycles. The molecule has 0 bridgehead atoms. The van der Waals surface area contributed by atoms with Crippen LogP contribution in [0.15, 0.2) is 60.7 Å². The van der Waals surface area contributed by atoms with Gasteiger partial charge in [0.15, 0.2) is 0 Å². The van der Waals surface area contributed by atoms with Crippen LogP contribution in [0.3, 0.4) is 0 Å². The molecule has 1 saturated heterocycles. The van der Waals surface area contributed by atoms with Crippen molar-refractivity contribution in [3.05, 3.63) is 71.5 Å². The molecule has 4 nitrogen and oxygen atoms in total. The molecule has 1 aliphatic heterocycles. The zero-order valence-electron chi connectivity index (χ0n) is 15.5. The molecule has 0 amide bonds. The van der Waals surface area contributed by atoms with E-state index < -0.39 is 0 Å². The van der Waals surface area contributed by atoms with Crippen LogP contribution in [0, 0.1) is 0 Å². The maximum atomic E-state index is 6.24. The Kier molecular flexibility index (Phi) is 4.67. The number of aromatic nitrogens is 2. The maximum absolute atomic E-state index is 6.24. The lowest BCUT2D eigenvalue weighted by molar-refractivity contribution is 0.0963. The molecule has 0 spiro atoms. The van der Waals surface area contributed by atoms with Gasteiger partial charge in [0, 0.05) is 11.6 Å². The minimum absolute atomic E-state index is 0.218. The van der Waals surface area contributed by atoms with Crippen molar-refractivity contribution in [1.82, 2.24) is 9.55 Å². The minimum atomic E-state index is 0.218. The second-order valence-electron chi connectivity index (χ2n) is 7.20. The van der Waals surface area contributed by atoms with Gasteiger partial charge in [-0.05, 0) is 53.9 Å². The maximum Gasteiger partial charge on any atom is 0.148 e. The monoisotopic (exact) mass is 392 g/mol. The number of benzene rings is 3. The highest BCUT2D eigenvalue weighted by atomic mass is 35.5. The van der Waals surface area contributed by atoms with E-state index in [4.69, 9.17) is 26.1 Å². The van der Waals surface area contributed by atoms with Crippen molar-refractivity contribution < 1.29 is 9.47 Å². The molecule has 28 heavy (non-hydrogen) atoms. The molecule has 5 rings (SSSR count). The molecule has 1 unspecified atom stereocenters. The molecule has 1 atom stereocenters. The first-order chi connectivity index (χ1) is 13.8. The van der Waals surface area contributed by atoms with Gasteiger partial charge in [-0.2, -0.15) is 0 Å². The highest BCUT2D eigenvalue weighted by Crippen LogP contribution is 2.26. The van der Waals surface area contributed by atoms with Crippen LogP contribution in [0.25, 0.3) is 21.8 Å². The predicted molar refractivity (Wildman–Crippen MR) is 112 cm³/mol. The number of halogens is 1. The van der Waals surface area contributed by atoms with E-state index >= 15 is 0 Å². The van der Waals surface area contributed by atoms with E-state index in [0.717, 1.165) is 48.6 Å². The normalized spacial score (nSPS) is 16.8. The van der Waals surface area contributed by atoms with E-state index in [-0.39, 0.29) is 6.10 Å². The van der Waals surface area contributed by atoms with Crippen LogP contribution in [0.4, 0.5) is 0 Å². The Bertz CT molecular complexity index is 1130. The predicted octanol–water partition coefficient (Wildman–Crippen LogP) is 5.60. The van der Waals surface area contributed by atoms with E-state index in [1.807, 2.05) is 36.4 Å². The molecule has 0 radical (unpaired) electrons. The van der Waals surface area contributed by atoms with Crippen molar-refractivity contribution in [3.63, 3.8) is 0 Å². The Balaban J connectivity index is 1.44. The molecular weight excluding hydrogens is 372 g/mol. The average molecular weight is 393 g/mol. The zero-order chi connectivity index (χ0) is 18.9. The summed E-state index contributed by atoms with van der Waals surface area (Å²) in [5.74, 6) is 1.73. The Morgan fingerprint density at radius 3 is 2.82 bits per heavy atom. The molecule has 1 aliphatic rings. The smallest absolute Gasteiger partial charge is 0.148 e. The largest absolute Gasteiger partial charge is 0.486 e. The number of fused-ring (bicyclic) bond motifs is 2. The third kappa shape index (κ3) is 3.46. The molecule has 5 heteroatoms. The lowest BCUT2D eigenvalue weighted by Crippen LogP contribution is -2.18. The summed E-state index contributed by atoms with van der Waals surface area (Å²) < 4.78 is 14.1. The summed E-state index contributed by atoms with van der Waals surface area (Å²) in [6.07, 6.45) is 2.41. The van der Waals surface area contributed by atoms with Crippen molar-refractivity contribution in [2.24, 2.45) is 0 Å². The summed E-state index contributed by atoms with van der Waals surface area (Å²) in [7, 11) is 0. The standard InChI is InChI=1S/C23H21ClN2O2/c24-18-8-10-21-22(13-18)26(14-20-6-3-11-27-20)23(25-21)15-28-19-9-7-16-4-1-2-5-17(16)12-19/h1-2,4-5,7-10,12-13,20H,3,6,11,14-15H2. The molecule has 1 aromatic heterocycles. The first kappa shape index (κ1) is 17.5. The summed E-state index contributed by atoms with van der Waals surface area (Å²) >= 11 is 6.24. The van der Waals surface area contributed by atoms with Gasteiger partial charge in [0.25, 0.3) is 0 Å². The van der Waals surface area contributed by atoms with Crippen molar-refractivity contribution in [3.8, 4) is 5.75 Å². The summed E-state index contributed by atoms with van der Waals surface area (Å²) in [5.41, 5.74) is 1.96. The third-order valence-electron chi connectivity index (χ3n) is 5.29.